The Kier molecular flexibility index (Phi) is 6.29. The van der Waals surface area contributed by atoms with Crippen LogP contribution in [0.25, 0.3) is 6.08 Å². The van der Waals surface area contributed by atoms with E-state index in [-0.39, 0.29) is 12.0 Å². The Morgan fingerprint density at radius 3 is 2.70 bits per heavy atom. The molecule has 0 spiro atoms. The Morgan fingerprint density at radius 2 is 1.96 bits per heavy atom. The van der Waals surface area contributed by atoms with Crippen molar-refractivity contribution in [1.82, 2.24) is 0 Å². The van der Waals surface area contributed by atoms with E-state index in [2.05, 4.69) is 5.32 Å². The topological polar surface area (TPSA) is 38.3 Å². The Hall–Kier alpha value is -2.20. The summed E-state index contributed by atoms with van der Waals surface area (Å²) in [5.41, 5.74) is 1.72. The maximum atomic E-state index is 12.0. The molecule has 0 aliphatic heterocycles. The summed E-state index contributed by atoms with van der Waals surface area (Å²) < 4.78 is 5.65. The molecule has 4 heteroatoms. The van der Waals surface area contributed by atoms with Gasteiger partial charge in [-0.3, -0.25) is 4.79 Å². The second kappa shape index (κ2) is 8.44. The number of amides is 1. The lowest BCUT2D eigenvalue weighted by Crippen LogP contribution is -2.07. The molecule has 3 nitrogen and oxygen atoms in total. The van der Waals surface area contributed by atoms with E-state index < -0.39 is 0 Å². The Balaban J connectivity index is 2.00. The molecule has 1 amide bonds. The highest BCUT2D eigenvalue weighted by atomic mass is 32.2. The van der Waals surface area contributed by atoms with Gasteiger partial charge in [0.05, 0.1) is 6.10 Å². The molecule has 0 aromatic heterocycles. The fourth-order valence-electron chi connectivity index (χ4n) is 2.02. The van der Waals surface area contributed by atoms with Gasteiger partial charge in [-0.1, -0.05) is 18.2 Å². The average Bonchev–Trinajstić information content (AvgIpc) is 2.53. The van der Waals surface area contributed by atoms with Crippen molar-refractivity contribution in [2.45, 2.75) is 24.8 Å². The van der Waals surface area contributed by atoms with Crippen LogP contribution in [0.2, 0.25) is 0 Å². The van der Waals surface area contributed by atoms with Crippen LogP contribution >= 0.6 is 11.8 Å². The molecule has 0 saturated carbocycles. The maximum Gasteiger partial charge on any atom is 0.248 e. The zero-order valence-corrected chi connectivity index (χ0v) is 14.4. The van der Waals surface area contributed by atoms with Crippen LogP contribution in [0.4, 0.5) is 5.69 Å². The van der Waals surface area contributed by atoms with Crippen LogP contribution < -0.4 is 10.1 Å². The van der Waals surface area contributed by atoms with Gasteiger partial charge in [-0.05, 0) is 62.1 Å². The van der Waals surface area contributed by atoms with Gasteiger partial charge in [-0.15, -0.1) is 11.8 Å². The third kappa shape index (κ3) is 5.83. The second-order valence-corrected chi connectivity index (χ2v) is 6.17. The van der Waals surface area contributed by atoms with Gasteiger partial charge in [0.1, 0.15) is 5.75 Å². The molecule has 0 unspecified atom stereocenters. The molecule has 1 N–H and O–H groups in total. The summed E-state index contributed by atoms with van der Waals surface area (Å²) in [5, 5.41) is 2.86. The summed E-state index contributed by atoms with van der Waals surface area (Å²) >= 11 is 1.64. The van der Waals surface area contributed by atoms with Gasteiger partial charge in [0, 0.05) is 16.7 Å². The molecule has 0 bridgehead atoms. The molecule has 0 heterocycles. The van der Waals surface area contributed by atoms with Crippen molar-refractivity contribution in [3.05, 3.63) is 60.2 Å². The van der Waals surface area contributed by atoms with Crippen LogP contribution in [0.5, 0.6) is 5.75 Å². The third-order valence-electron chi connectivity index (χ3n) is 2.99. The monoisotopic (exact) mass is 327 g/mol. The first kappa shape index (κ1) is 17.2. The van der Waals surface area contributed by atoms with Crippen molar-refractivity contribution in [2.75, 3.05) is 11.6 Å². The zero-order valence-electron chi connectivity index (χ0n) is 13.6. The number of rotatable bonds is 6. The fraction of sp³-hybridized carbons (Fsp3) is 0.211. The first-order valence-electron chi connectivity index (χ1n) is 7.46. The van der Waals surface area contributed by atoms with Crippen molar-refractivity contribution in [3.63, 3.8) is 0 Å². The van der Waals surface area contributed by atoms with Crippen molar-refractivity contribution in [3.8, 4) is 5.75 Å². The predicted molar refractivity (Wildman–Crippen MR) is 98.1 cm³/mol. The molecule has 0 radical (unpaired) electrons. The number of hydrogen-bond acceptors (Lipinski definition) is 3. The van der Waals surface area contributed by atoms with Crippen LogP contribution in [0, 0.1) is 0 Å². The van der Waals surface area contributed by atoms with Crippen LogP contribution in [-0.2, 0) is 4.79 Å². The zero-order chi connectivity index (χ0) is 16.7. The molecule has 0 fully saturated rings. The van der Waals surface area contributed by atoms with Crippen molar-refractivity contribution in [2.24, 2.45) is 0 Å². The highest BCUT2D eigenvalue weighted by molar-refractivity contribution is 7.98. The lowest BCUT2D eigenvalue weighted by atomic mass is 10.2. The van der Waals surface area contributed by atoms with Gasteiger partial charge >= 0.3 is 0 Å². The number of carbonyl (C=O) groups excluding carboxylic acids is 1. The lowest BCUT2D eigenvalue weighted by Gasteiger charge is -2.09. The minimum atomic E-state index is -0.154. The maximum absolute atomic E-state index is 12.0. The molecule has 0 atom stereocenters. The van der Waals surface area contributed by atoms with Crippen LogP contribution in [0.1, 0.15) is 19.4 Å². The third-order valence-corrected chi connectivity index (χ3v) is 3.72. The highest BCUT2D eigenvalue weighted by Crippen LogP contribution is 2.19. The highest BCUT2D eigenvalue weighted by Gasteiger charge is 2.00. The van der Waals surface area contributed by atoms with E-state index in [0.717, 1.165) is 21.9 Å². The number of hydrogen-bond donors (Lipinski definition) is 1. The van der Waals surface area contributed by atoms with E-state index in [1.165, 1.54) is 6.08 Å². The molecule has 0 saturated heterocycles. The number of thioether (sulfide) groups is 1. The van der Waals surface area contributed by atoms with E-state index in [1.807, 2.05) is 68.6 Å². The Morgan fingerprint density at radius 1 is 1.17 bits per heavy atom. The minimum Gasteiger partial charge on any atom is -0.491 e. The van der Waals surface area contributed by atoms with Crippen LogP contribution in [0.15, 0.2) is 59.5 Å². The summed E-state index contributed by atoms with van der Waals surface area (Å²) in [6.07, 6.45) is 5.44. The van der Waals surface area contributed by atoms with E-state index in [0.29, 0.717) is 0 Å². The Bertz CT molecular complexity index is 695. The number of benzene rings is 2. The summed E-state index contributed by atoms with van der Waals surface area (Å²) in [7, 11) is 0. The molecule has 120 valence electrons. The summed E-state index contributed by atoms with van der Waals surface area (Å²) in [5.74, 6) is 0.647. The largest absolute Gasteiger partial charge is 0.491 e. The number of ether oxygens (including phenoxy) is 1. The first-order valence-corrected chi connectivity index (χ1v) is 8.69. The quantitative estimate of drug-likeness (QED) is 0.609. The van der Waals surface area contributed by atoms with Gasteiger partial charge in [-0.25, -0.2) is 0 Å². The predicted octanol–water partition coefficient (Wildman–Crippen LogP) is 4.85. The van der Waals surface area contributed by atoms with Crippen molar-refractivity contribution < 1.29 is 9.53 Å². The van der Waals surface area contributed by atoms with Crippen molar-refractivity contribution in [1.29, 1.82) is 0 Å². The molecule has 2 aromatic rings. The van der Waals surface area contributed by atoms with E-state index in [9.17, 15) is 4.79 Å². The normalized spacial score (nSPS) is 11.0. The molecule has 2 aromatic carbocycles. The van der Waals surface area contributed by atoms with Crippen LogP contribution in [-0.4, -0.2) is 18.3 Å². The van der Waals surface area contributed by atoms with Crippen LogP contribution in [0.3, 0.4) is 0 Å². The summed E-state index contributed by atoms with van der Waals surface area (Å²) in [6, 6.07) is 15.4. The molecular weight excluding hydrogens is 306 g/mol. The van der Waals surface area contributed by atoms with Gasteiger partial charge in [0.2, 0.25) is 5.91 Å². The van der Waals surface area contributed by atoms with Gasteiger partial charge in [-0.2, -0.15) is 0 Å². The summed E-state index contributed by atoms with van der Waals surface area (Å²) in [6.45, 7) is 3.97. The fourth-order valence-corrected chi connectivity index (χ4v) is 2.48. The SMILES string of the molecule is CSc1cccc(NC(=O)/C=C/c2cccc(OC(C)C)c2)c1. The number of nitrogens with one attached hydrogen (secondary N) is 1. The number of carbonyl (C=O) groups is 1. The van der Waals surface area contributed by atoms with E-state index >= 15 is 0 Å². The summed E-state index contributed by atoms with van der Waals surface area (Å²) in [4.78, 5) is 13.1. The molecule has 2 rings (SSSR count). The number of anilines is 1. The van der Waals surface area contributed by atoms with Gasteiger partial charge < -0.3 is 10.1 Å². The molecule has 0 aliphatic carbocycles. The van der Waals surface area contributed by atoms with Crippen molar-refractivity contribution >= 4 is 29.4 Å². The second-order valence-electron chi connectivity index (χ2n) is 5.29. The molecule has 0 aliphatic rings. The first-order chi connectivity index (χ1) is 11.1. The minimum absolute atomic E-state index is 0.126. The molecule has 23 heavy (non-hydrogen) atoms. The smallest absolute Gasteiger partial charge is 0.248 e. The lowest BCUT2D eigenvalue weighted by molar-refractivity contribution is -0.111. The van der Waals surface area contributed by atoms with E-state index in [1.54, 1.807) is 17.8 Å². The van der Waals surface area contributed by atoms with Gasteiger partial charge in [0.25, 0.3) is 0 Å². The average molecular weight is 327 g/mol. The Labute approximate surface area is 141 Å². The molecular formula is C19H21NO2S. The van der Waals surface area contributed by atoms with E-state index in [4.69, 9.17) is 4.74 Å². The van der Waals surface area contributed by atoms with Gasteiger partial charge in [0.15, 0.2) is 0 Å². The standard InChI is InChI=1S/C19H21NO2S/c1-14(2)22-17-8-4-6-15(12-17)10-11-19(21)20-16-7-5-9-18(13-16)23-3/h4-14H,1-3H3,(H,20,21)/b11-10+.